The molecule has 0 spiro atoms. The minimum Gasteiger partial charge on any atom is -0.388 e. The van der Waals surface area contributed by atoms with Crippen LogP contribution in [-0.4, -0.2) is 177 Å². The van der Waals surface area contributed by atoms with E-state index in [9.17, 15) is 52.3 Å². The second kappa shape index (κ2) is 149. The Bertz CT molecular complexity index is 1000. The summed E-state index contributed by atoms with van der Waals surface area (Å²) in [6, 6.07) is 0. The maximum absolute atomic E-state index is 11.1. The Kier molecular flexibility index (Phi) is 297. The molecule has 1 saturated carbocycles. The van der Waals surface area contributed by atoms with Crippen LogP contribution in [0.15, 0.2) is 0 Å². The molecule has 1 fully saturated rings. The highest BCUT2D eigenvalue weighted by atomic mass is 32.2. The predicted octanol–water partition coefficient (Wildman–Crippen LogP) is 26.3. The number of sulfone groups is 1. The summed E-state index contributed by atoms with van der Waals surface area (Å²) < 4.78 is 162. The fraction of sp³-hybridized carbons (Fsp3) is 0.985. The molecule has 0 radical (unpaired) electrons. The van der Waals surface area contributed by atoms with E-state index in [1.165, 1.54) is 45.5 Å². The first-order valence-electron chi connectivity index (χ1n) is 25.5. The van der Waals surface area contributed by atoms with Crippen molar-refractivity contribution in [1.29, 1.82) is 0 Å². The summed E-state index contributed by atoms with van der Waals surface area (Å²) in [5.41, 5.74) is 0. The predicted molar refractivity (Wildman–Crippen MR) is 408 cm³/mol. The van der Waals surface area contributed by atoms with Crippen LogP contribution in [-0.2, 0) is 47.7 Å². The van der Waals surface area contributed by atoms with E-state index in [-0.39, 0.29) is 108 Å². The average Bonchev–Trinajstić information content (AvgIpc) is 3.77. The van der Waals surface area contributed by atoms with Crippen molar-refractivity contribution >= 4 is 38.0 Å². The van der Waals surface area contributed by atoms with E-state index in [0.717, 1.165) is 56.5 Å². The molecule has 0 saturated heterocycles. The maximum atomic E-state index is 11.1. The largest absolute Gasteiger partial charge is 0.522 e. The highest BCUT2D eigenvalue weighted by Crippen LogP contribution is 2.23. The third kappa shape index (κ3) is 519. The number of halogens is 10. The van der Waals surface area contributed by atoms with E-state index in [4.69, 9.17) is 9.47 Å². The van der Waals surface area contributed by atoms with Crippen LogP contribution in [0.25, 0.3) is 0 Å². The molecule has 1 aliphatic carbocycles. The van der Waals surface area contributed by atoms with Crippen molar-refractivity contribution < 1.29 is 90.2 Å². The fourth-order valence-corrected chi connectivity index (χ4v) is 1.79. The summed E-state index contributed by atoms with van der Waals surface area (Å²) >= 11 is 1.88. The standard InChI is InChI=1S/C6H12.C5H12O.C5H12S.C4H9FO.C4H10O2S.C4H10O.C4H10S.C4H10.C3H6F2O.C3H6F2.C3H8O.C3H8.C2H3F3O.C2H4F2O.C2H6O.13CH4/c1-6-4-2-3-5-6;1-5(2)4-6-3;1-5(2)6(3)4;1-6-4-2-3-5;1-4(2)7(3,5)6;2*1-4(2)5-3;1-4(2)3;1-6-2-3(4)5;1-3(2,4)5;1-3-4-2;1-3-2;1-6-2(3,4)5;1-5-2(3)4;1-3-2;;;;;;;;;;;;;/h6H,2-5H2,1H3;5H,4H2,1-3H3;5H,3H2,1-2,4H3;2-4H2,1H3;4H,1-3H3;2*4H,1-3H3;4H,1-3H3;3H,2H2,1H3;1-2H3;3H2,1-2H3;3H2,1-2H3;1H3;2H,1H3;1-2H3;13*1H4. The molecule has 10 nitrogen and oxygen atoms in total. The molecule has 90 heavy (non-hydrogen) atoms. The van der Waals surface area contributed by atoms with Gasteiger partial charge in [0.25, 0.3) is 6.43 Å². The molecule has 0 amide bonds. The van der Waals surface area contributed by atoms with Gasteiger partial charge in [0.1, 0.15) is 16.4 Å². The highest BCUT2D eigenvalue weighted by Gasteiger charge is 2.25. The van der Waals surface area contributed by atoms with Gasteiger partial charge in [-0.3, -0.25) is 9.13 Å². The van der Waals surface area contributed by atoms with Gasteiger partial charge in [0.2, 0.25) is 5.92 Å². The molecule has 0 aliphatic heterocycles. The first-order valence-corrected chi connectivity index (χ1v) is 30.6. The van der Waals surface area contributed by atoms with Gasteiger partial charge in [-0.25, -0.2) is 26.0 Å². The molecule has 0 aromatic rings. The zero-order valence-electron chi connectivity index (χ0n) is 54.8. The van der Waals surface area contributed by atoms with Crippen molar-refractivity contribution in [2.24, 2.45) is 17.8 Å². The van der Waals surface area contributed by atoms with Crippen molar-refractivity contribution in [1.82, 2.24) is 0 Å². The lowest BCUT2D eigenvalue weighted by Crippen LogP contribution is -2.10. The number of methoxy groups -OCH3 is 8. The summed E-state index contributed by atoms with van der Waals surface area (Å²) in [6.07, 6.45) is 6.83. The van der Waals surface area contributed by atoms with Crippen molar-refractivity contribution in [3.63, 3.8) is 0 Å². The Labute approximate surface area is 573 Å². The van der Waals surface area contributed by atoms with Crippen LogP contribution in [0.1, 0.15) is 267 Å². The first kappa shape index (κ1) is 179. The fourth-order valence-electron chi connectivity index (χ4n) is 1.79. The van der Waals surface area contributed by atoms with Gasteiger partial charge in [-0.2, -0.15) is 31.0 Å². The van der Waals surface area contributed by atoms with Crippen molar-refractivity contribution in [3.05, 3.63) is 0 Å². The molecule has 0 N–H and O–H groups in total. The van der Waals surface area contributed by atoms with Crippen LogP contribution in [0.3, 0.4) is 0 Å². The third-order valence-corrected chi connectivity index (χ3v) is 10.5. The molecule has 0 aromatic heterocycles. The van der Waals surface area contributed by atoms with E-state index in [2.05, 4.69) is 130 Å². The zero-order valence-corrected chi connectivity index (χ0v) is 57.2. The monoisotopic (exact) mass is 1430 g/mol. The average molecular weight is 1430 g/mol. The molecule has 0 bridgehead atoms. The molecular weight excluding hydrogens is 1250 g/mol. The minimum absolute atomic E-state index is 0. The number of hydrogen-bond acceptors (Lipinski definition) is 11. The summed E-state index contributed by atoms with van der Waals surface area (Å²) in [5.74, 6) is 3.92. The first-order chi connectivity index (χ1) is 34.8. The molecule has 23 heteroatoms. The Morgan fingerprint density at radius 3 is 0.822 bits per heavy atom. The Morgan fingerprint density at radius 2 is 0.800 bits per heavy atom. The van der Waals surface area contributed by atoms with Crippen LogP contribution >= 0.6 is 22.2 Å². The van der Waals surface area contributed by atoms with E-state index >= 15 is 0 Å². The number of alkyl halides is 10. The van der Waals surface area contributed by atoms with E-state index in [1.807, 2.05) is 32.5 Å². The van der Waals surface area contributed by atoms with Gasteiger partial charge in [0.15, 0.2) is 0 Å². The van der Waals surface area contributed by atoms with E-state index < -0.39 is 41.8 Å². The topological polar surface area (TPSA) is 108 Å². The van der Waals surface area contributed by atoms with Crippen LogP contribution in [0, 0.1) is 17.8 Å². The molecule has 594 valence electrons. The van der Waals surface area contributed by atoms with Gasteiger partial charge in [0, 0.05) is 90.1 Å². The number of rotatable bonds is 13. The lowest BCUT2D eigenvalue weighted by molar-refractivity contribution is -0.311. The van der Waals surface area contributed by atoms with Crippen molar-refractivity contribution in [3.8, 4) is 0 Å². The summed E-state index contributed by atoms with van der Waals surface area (Å²) in [5, 5.41) is 1.34. The van der Waals surface area contributed by atoms with Crippen LogP contribution in [0.5, 0.6) is 0 Å². The zero-order chi connectivity index (χ0) is 65.4. The number of thioether (sulfide) groups is 1. The van der Waals surface area contributed by atoms with Gasteiger partial charge in [-0.15, -0.1) is 13.2 Å². The van der Waals surface area contributed by atoms with Crippen LogP contribution in [0.2, 0.25) is 0 Å². The van der Waals surface area contributed by atoms with Gasteiger partial charge < -0.3 is 33.2 Å². The molecule has 1 atom stereocenters. The normalized spacial score (nSPS) is 9.83. The van der Waals surface area contributed by atoms with E-state index in [1.54, 1.807) is 56.5 Å². The number of ether oxygens (including phenoxy) is 8. The second-order valence-electron chi connectivity index (χ2n) is 18.2. The molecule has 1 unspecified atom stereocenters. The third-order valence-electron chi connectivity index (χ3n) is 6.22. The second-order valence-corrected chi connectivity index (χ2v) is 24.5. The lowest BCUT2D eigenvalue weighted by atomic mass is 10.2. The summed E-state index contributed by atoms with van der Waals surface area (Å²) in [6.45, 7) is 36.0. The molecule has 0 heterocycles. The molecule has 1 rings (SSSR count). The lowest BCUT2D eigenvalue weighted by Gasteiger charge is -2.00. The molecule has 0 aromatic carbocycles. The van der Waals surface area contributed by atoms with Crippen LogP contribution < -0.4 is 0 Å². The van der Waals surface area contributed by atoms with E-state index in [0.29, 0.717) is 42.6 Å². The smallest absolute Gasteiger partial charge is 0.388 e. The van der Waals surface area contributed by atoms with Gasteiger partial charge in [0.05, 0.1) is 18.0 Å². The van der Waals surface area contributed by atoms with Gasteiger partial charge >= 0.3 is 13.0 Å². The Balaban J connectivity index is -0.0000000188. The Hall–Kier alpha value is -0.500. The quantitative estimate of drug-likeness (QED) is 0.0999. The number of hydrogen-bond donors (Lipinski definition) is 0. The molecule has 1 aliphatic rings. The minimum atomic E-state index is -4.46. The highest BCUT2D eigenvalue weighted by molar-refractivity contribution is 8.14. The Morgan fingerprint density at radius 1 is 0.589 bits per heavy atom. The van der Waals surface area contributed by atoms with Crippen molar-refractivity contribution in [2.75, 3.05) is 116 Å². The SMILES string of the molecule is C.C.C.C.C.C.C.C.C.C.C.C.C.C=S(C)C(C)C.CC(C)(F)F.CC(C)C.CC(C)S(C)(=O)=O.CC1CCCC1.CCC.CCOC.COC.COC(C)C.COC(F)(F)F.COC(F)F.COCC(C)C.COCC(F)F.COCCCF.CSC(C)C. The molecular formula is C67H178F10O10S3. The van der Waals surface area contributed by atoms with Crippen LogP contribution in [0.4, 0.5) is 43.9 Å². The van der Waals surface area contributed by atoms with Gasteiger partial charge in [-0.05, 0) is 95.7 Å². The van der Waals surface area contributed by atoms with Crippen molar-refractivity contribution in [2.45, 2.75) is 314 Å². The maximum Gasteiger partial charge on any atom is 0.522 e. The summed E-state index contributed by atoms with van der Waals surface area (Å²) in [4.78, 5) is 0. The summed E-state index contributed by atoms with van der Waals surface area (Å²) in [7, 11) is 10.3. The van der Waals surface area contributed by atoms with Gasteiger partial charge in [-0.1, -0.05) is 218 Å².